The van der Waals surface area contributed by atoms with E-state index in [0.717, 1.165) is 25.1 Å². The maximum atomic E-state index is 12.3. The maximum absolute atomic E-state index is 12.3. The van der Waals surface area contributed by atoms with Crippen LogP contribution in [0.4, 0.5) is 12.9 Å². The fourth-order valence-corrected chi connectivity index (χ4v) is 1.19. The Bertz CT molecular complexity index is 357. The smallest absolute Gasteiger partial charge is 0.492 e. The molecule has 1 heterocycles. The maximum Gasteiger partial charge on any atom is 1.00 e. The second kappa shape index (κ2) is 5.86. The van der Waals surface area contributed by atoms with E-state index in [1.165, 1.54) is 6.20 Å². The van der Waals surface area contributed by atoms with Gasteiger partial charge in [-0.3, -0.25) is 4.98 Å². The van der Waals surface area contributed by atoms with Crippen LogP contribution in [0.5, 0.6) is 5.75 Å². The largest absolute Gasteiger partial charge is 1.00 e. The van der Waals surface area contributed by atoms with E-state index < -0.39 is 12.4 Å². The van der Waals surface area contributed by atoms with Crippen molar-refractivity contribution < 1.29 is 69.1 Å². The number of nitrogens with zero attached hydrogens (tertiary/aromatic N) is 1. The molecule has 0 bridgehead atoms. The molecule has 0 aliphatic heterocycles. The van der Waals surface area contributed by atoms with Crippen LogP contribution in [0.15, 0.2) is 18.5 Å². The van der Waals surface area contributed by atoms with Gasteiger partial charge in [-0.2, -0.15) is 0 Å². The third-order valence-electron chi connectivity index (χ3n) is 2.29. The van der Waals surface area contributed by atoms with Crippen LogP contribution in [-0.4, -0.2) is 18.6 Å². The number of aromatic nitrogens is 1. The Morgan fingerprint density at radius 3 is 2.56 bits per heavy atom. The van der Waals surface area contributed by atoms with Crippen LogP contribution in [0.3, 0.4) is 0 Å². The van der Waals surface area contributed by atoms with Crippen molar-refractivity contribution >= 4 is 12.4 Å². The van der Waals surface area contributed by atoms with Crippen molar-refractivity contribution in [3.8, 4) is 5.75 Å². The Morgan fingerprint density at radius 1 is 1.31 bits per heavy atom. The van der Waals surface area contributed by atoms with Gasteiger partial charge in [-0.15, -0.1) is 0 Å². The predicted molar refractivity (Wildman–Crippen MR) is 51.2 cm³/mol. The van der Waals surface area contributed by atoms with E-state index in [-0.39, 0.29) is 57.1 Å². The number of hydrogen-bond donors (Lipinski definition) is 0. The average Bonchev–Trinajstić information content (AvgIpc) is 2.97. The van der Waals surface area contributed by atoms with Crippen LogP contribution < -0.4 is 61.6 Å². The molecule has 0 atom stereocenters. The second-order valence-electron chi connectivity index (χ2n) is 3.78. The summed E-state index contributed by atoms with van der Waals surface area (Å²) in [5.41, 5.74) is -0.705. The monoisotopic (exact) mass is 255 g/mol. The first-order valence-electron chi connectivity index (χ1n) is 4.83. The standard InChI is InChI=1S/C9H10BF3NO.K/c11-10(12,13)8-3-9(5-14-4-8)15-6-7-1-2-7;/h3-5,7H,1-2,6H2;/q-1;+1. The average molecular weight is 255 g/mol. The van der Waals surface area contributed by atoms with Crippen molar-refractivity contribution in [2.24, 2.45) is 5.92 Å². The molecule has 0 N–H and O–H groups in total. The van der Waals surface area contributed by atoms with Gasteiger partial charge < -0.3 is 17.7 Å². The molecule has 0 saturated heterocycles. The third-order valence-corrected chi connectivity index (χ3v) is 2.29. The number of hydrogen-bond acceptors (Lipinski definition) is 2. The van der Waals surface area contributed by atoms with Crippen LogP contribution in [0, 0.1) is 5.92 Å². The summed E-state index contributed by atoms with van der Waals surface area (Å²) in [6.45, 7) is -4.49. The Hall–Kier alpha value is 0.441. The van der Waals surface area contributed by atoms with E-state index in [0.29, 0.717) is 12.5 Å². The molecule has 0 radical (unpaired) electrons. The van der Waals surface area contributed by atoms with Gasteiger partial charge in [0, 0.05) is 6.20 Å². The minimum absolute atomic E-state index is 0. The van der Waals surface area contributed by atoms with Crippen LogP contribution in [0.2, 0.25) is 0 Å². The molecule has 0 aromatic carbocycles. The topological polar surface area (TPSA) is 22.1 Å². The molecule has 0 amide bonds. The zero-order chi connectivity index (χ0) is 10.9. The third kappa shape index (κ3) is 4.37. The van der Waals surface area contributed by atoms with Gasteiger partial charge in [-0.05, 0) is 24.8 Å². The molecule has 1 aromatic heterocycles. The van der Waals surface area contributed by atoms with Gasteiger partial charge in [0.1, 0.15) is 5.75 Å². The van der Waals surface area contributed by atoms with Crippen LogP contribution in [-0.2, 0) is 0 Å². The summed E-state index contributed by atoms with van der Waals surface area (Å²) in [6, 6.07) is 1.01. The predicted octanol–water partition coefficient (Wildman–Crippen LogP) is -1.07. The quantitative estimate of drug-likeness (QED) is 0.639. The summed E-state index contributed by atoms with van der Waals surface area (Å²) in [5.74, 6) is 0.726. The van der Waals surface area contributed by atoms with E-state index in [4.69, 9.17) is 4.74 Å². The molecule has 2 nitrogen and oxygen atoms in total. The first kappa shape index (κ1) is 14.5. The number of halogens is 3. The van der Waals surface area contributed by atoms with E-state index in [2.05, 4.69) is 4.98 Å². The van der Waals surface area contributed by atoms with E-state index in [1.807, 2.05) is 0 Å². The molecule has 1 fully saturated rings. The molecule has 82 valence electrons. The van der Waals surface area contributed by atoms with E-state index in [9.17, 15) is 12.9 Å². The summed E-state index contributed by atoms with van der Waals surface area (Å²) in [6.07, 6.45) is 4.35. The van der Waals surface area contributed by atoms with Gasteiger partial charge in [0.25, 0.3) is 0 Å². The minimum atomic E-state index is -4.98. The number of rotatable bonds is 4. The zero-order valence-electron chi connectivity index (χ0n) is 9.00. The second-order valence-corrected chi connectivity index (χ2v) is 3.78. The summed E-state index contributed by atoms with van der Waals surface area (Å²) in [4.78, 5) is 3.52. The Labute approximate surface area is 134 Å². The molecule has 1 saturated carbocycles. The van der Waals surface area contributed by atoms with Gasteiger partial charge in [-0.1, -0.05) is 5.46 Å². The molecule has 1 aromatic rings. The van der Waals surface area contributed by atoms with Crippen molar-refractivity contribution in [2.75, 3.05) is 6.61 Å². The Balaban J connectivity index is 0.00000128. The molecule has 2 rings (SSSR count). The molecule has 1 aliphatic rings. The fourth-order valence-electron chi connectivity index (χ4n) is 1.19. The first-order chi connectivity index (χ1) is 7.05. The van der Waals surface area contributed by atoms with Gasteiger partial charge >= 0.3 is 58.4 Å². The number of pyridine rings is 1. The van der Waals surface area contributed by atoms with Gasteiger partial charge in [-0.25, -0.2) is 0 Å². The minimum Gasteiger partial charge on any atom is -0.492 e. The molecular formula is C9H10BF3KNO. The van der Waals surface area contributed by atoms with Gasteiger partial charge in [0.05, 0.1) is 12.8 Å². The fraction of sp³-hybridized carbons (Fsp3) is 0.444. The van der Waals surface area contributed by atoms with E-state index in [1.54, 1.807) is 0 Å². The summed E-state index contributed by atoms with van der Waals surface area (Å²) < 4.78 is 42.3. The normalized spacial score (nSPS) is 15.4. The van der Waals surface area contributed by atoms with Gasteiger partial charge in [0.15, 0.2) is 0 Å². The molecule has 16 heavy (non-hydrogen) atoms. The van der Waals surface area contributed by atoms with Crippen LogP contribution in [0.25, 0.3) is 0 Å². The van der Waals surface area contributed by atoms with Crippen molar-refractivity contribution in [3.63, 3.8) is 0 Å². The Kier molecular flexibility index (Phi) is 5.31. The molecule has 0 spiro atoms. The molecule has 1 aliphatic carbocycles. The molecule has 7 heteroatoms. The zero-order valence-corrected chi connectivity index (χ0v) is 12.1. The van der Waals surface area contributed by atoms with Crippen molar-refractivity contribution in [1.29, 1.82) is 0 Å². The SMILES string of the molecule is F[B-](F)(F)c1cncc(OCC2CC2)c1.[K+]. The van der Waals surface area contributed by atoms with Crippen molar-refractivity contribution in [2.45, 2.75) is 12.8 Å². The van der Waals surface area contributed by atoms with Crippen molar-refractivity contribution in [1.82, 2.24) is 4.98 Å². The van der Waals surface area contributed by atoms with Crippen LogP contribution >= 0.6 is 0 Å². The van der Waals surface area contributed by atoms with Crippen LogP contribution in [0.1, 0.15) is 12.8 Å². The number of ether oxygens (including phenoxy) is 1. The summed E-state index contributed by atoms with van der Waals surface area (Å²) >= 11 is 0. The summed E-state index contributed by atoms with van der Waals surface area (Å²) in [7, 11) is 0. The summed E-state index contributed by atoms with van der Waals surface area (Å²) in [5, 5.41) is 0. The van der Waals surface area contributed by atoms with E-state index >= 15 is 0 Å². The Morgan fingerprint density at radius 2 is 2.00 bits per heavy atom. The van der Waals surface area contributed by atoms with Crippen molar-refractivity contribution in [3.05, 3.63) is 18.5 Å². The molecule has 0 unspecified atom stereocenters. The first-order valence-corrected chi connectivity index (χ1v) is 4.83. The van der Waals surface area contributed by atoms with Gasteiger partial charge in [0.2, 0.25) is 0 Å². The molecular weight excluding hydrogens is 245 g/mol.